The van der Waals surface area contributed by atoms with Crippen LogP contribution in [0, 0.1) is 11.8 Å². The Balaban J connectivity index is 1.92. The Labute approximate surface area is 94.2 Å². The third kappa shape index (κ3) is 2.36. The van der Waals surface area contributed by atoms with Gasteiger partial charge in [-0.05, 0) is 57.5 Å². The first-order valence-corrected chi connectivity index (χ1v) is 6.64. The van der Waals surface area contributed by atoms with Crippen LogP contribution in [0.25, 0.3) is 0 Å². The maximum atomic E-state index is 5.86. The second kappa shape index (κ2) is 4.84. The second-order valence-corrected chi connectivity index (χ2v) is 5.73. The number of rotatable bonds is 3. The van der Waals surface area contributed by atoms with E-state index >= 15 is 0 Å². The Kier molecular flexibility index (Phi) is 3.68. The third-order valence-corrected chi connectivity index (χ3v) is 4.69. The minimum absolute atomic E-state index is 0.769. The normalized spacial score (nSPS) is 41.6. The SMILES string of the molecule is CC1CCC(N(C)C2CCCC2CN)C1. The molecule has 2 N–H and O–H groups in total. The quantitative estimate of drug-likeness (QED) is 0.774. The first-order chi connectivity index (χ1) is 7.22. The summed E-state index contributed by atoms with van der Waals surface area (Å²) in [7, 11) is 2.33. The van der Waals surface area contributed by atoms with Gasteiger partial charge in [0.25, 0.3) is 0 Å². The lowest BCUT2D eigenvalue weighted by Gasteiger charge is -2.34. The lowest BCUT2D eigenvalue weighted by atomic mass is 10.0. The molecule has 2 nitrogen and oxygen atoms in total. The molecule has 0 saturated heterocycles. The Morgan fingerprint density at radius 1 is 1.20 bits per heavy atom. The van der Waals surface area contributed by atoms with Gasteiger partial charge in [-0.25, -0.2) is 0 Å². The third-order valence-electron chi connectivity index (χ3n) is 4.69. The van der Waals surface area contributed by atoms with Crippen LogP contribution in [-0.2, 0) is 0 Å². The highest BCUT2D eigenvalue weighted by atomic mass is 15.2. The zero-order chi connectivity index (χ0) is 10.8. The highest BCUT2D eigenvalue weighted by Crippen LogP contribution is 2.35. The molecule has 88 valence electrons. The lowest BCUT2D eigenvalue weighted by molar-refractivity contribution is 0.142. The molecular weight excluding hydrogens is 184 g/mol. The van der Waals surface area contributed by atoms with Crippen LogP contribution in [0.4, 0.5) is 0 Å². The highest BCUT2D eigenvalue weighted by molar-refractivity contribution is 4.90. The highest BCUT2D eigenvalue weighted by Gasteiger charge is 2.34. The molecule has 0 aromatic carbocycles. The summed E-state index contributed by atoms with van der Waals surface area (Å²) in [5.74, 6) is 1.71. The second-order valence-electron chi connectivity index (χ2n) is 5.73. The molecule has 2 saturated carbocycles. The summed E-state index contributed by atoms with van der Waals surface area (Å²) in [5, 5.41) is 0. The summed E-state index contributed by atoms with van der Waals surface area (Å²) >= 11 is 0. The molecule has 2 aliphatic carbocycles. The van der Waals surface area contributed by atoms with E-state index in [-0.39, 0.29) is 0 Å². The molecule has 4 atom stereocenters. The molecule has 2 aliphatic rings. The molecule has 2 fully saturated rings. The van der Waals surface area contributed by atoms with E-state index in [2.05, 4.69) is 18.9 Å². The van der Waals surface area contributed by atoms with Crippen LogP contribution < -0.4 is 5.73 Å². The summed E-state index contributed by atoms with van der Waals surface area (Å²) in [4.78, 5) is 2.66. The molecule has 2 heteroatoms. The average Bonchev–Trinajstić information content (AvgIpc) is 2.84. The first kappa shape index (κ1) is 11.4. The van der Waals surface area contributed by atoms with Gasteiger partial charge in [0.15, 0.2) is 0 Å². The van der Waals surface area contributed by atoms with Gasteiger partial charge in [-0.2, -0.15) is 0 Å². The zero-order valence-electron chi connectivity index (χ0n) is 10.3. The molecule has 0 aromatic rings. The number of hydrogen-bond acceptors (Lipinski definition) is 2. The van der Waals surface area contributed by atoms with Crippen LogP contribution in [0.15, 0.2) is 0 Å². The Morgan fingerprint density at radius 2 is 2.00 bits per heavy atom. The summed E-state index contributed by atoms with van der Waals surface area (Å²) in [6.07, 6.45) is 8.36. The Morgan fingerprint density at radius 3 is 2.60 bits per heavy atom. The van der Waals surface area contributed by atoms with E-state index in [1.165, 1.54) is 38.5 Å². The lowest BCUT2D eigenvalue weighted by Crippen LogP contribution is -2.43. The van der Waals surface area contributed by atoms with Crippen molar-refractivity contribution in [3.63, 3.8) is 0 Å². The summed E-state index contributed by atoms with van der Waals surface area (Å²) in [6.45, 7) is 3.28. The Bertz CT molecular complexity index is 205. The van der Waals surface area contributed by atoms with Crippen LogP contribution in [0.2, 0.25) is 0 Å². The fourth-order valence-corrected chi connectivity index (χ4v) is 3.65. The van der Waals surface area contributed by atoms with E-state index in [1.807, 2.05) is 0 Å². The van der Waals surface area contributed by atoms with Crippen LogP contribution >= 0.6 is 0 Å². The van der Waals surface area contributed by atoms with Gasteiger partial charge in [0.2, 0.25) is 0 Å². The molecule has 0 amide bonds. The summed E-state index contributed by atoms with van der Waals surface area (Å²) < 4.78 is 0. The molecule has 0 aromatic heterocycles. The minimum Gasteiger partial charge on any atom is -0.330 e. The van der Waals surface area contributed by atoms with Crippen molar-refractivity contribution in [1.29, 1.82) is 0 Å². The molecule has 0 aliphatic heterocycles. The van der Waals surface area contributed by atoms with Gasteiger partial charge >= 0.3 is 0 Å². The number of hydrogen-bond donors (Lipinski definition) is 1. The number of nitrogens with zero attached hydrogens (tertiary/aromatic N) is 1. The molecule has 0 spiro atoms. The average molecular weight is 210 g/mol. The van der Waals surface area contributed by atoms with E-state index < -0.39 is 0 Å². The van der Waals surface area contributed by atoms with Gasteiger partial charge in [0, 0.05) is 12.1 Å². The van der Waals surface area contributed by atoms with Gasteiger partial charge in [0.05, 0.1) is 0 Å². The van der Waals surface area contributed by atoms with Crippen molar-refractivity contribution in [3.05, 3.63) is 0 Å². The minimum atomic E-state index is 0.769. The fourth-order valence-electron chi connectivity index (χ4n) is 3.65. The summed E-state index contributed by atoms with van der Waals surface area (Å²) in [6, 6.07) is 1.63. The molecule has 0 heterocycles. The maximum Gasteiger partial charge on any atom is 0.0135 e. The number of nitrogens with two attached hydrogens (primary N) is 1. The predicted molar refractivity (Wildman–Crippen MR) is 64.7 cm³/mol. The van der Waals surface area contributed by atoms with E-state index in [4.69, 9.17) is 5.73 Å². The fraction of sp³-hybridized carbons (Fsp3) is 1.00. The van der Waals surface area contributed by atoms with Gasteiger partial charge < -0.3 is 10.6 Å². The first-order valence-electron chi connectivity index (χ1n) is 6.64. The molecule has 0 bridgehead atoms. The van der Waals surface area contributed by atoms with Crippen LogP contribution in [0.3, 0.4) is 0 Å². The van der Waals surface area contributed by atoms with E-state index in [0.29, 0.717) is 0 Å². The molecular formula is C13H26N2. The van der Waals surface area contributed by atoms with Crippen LogP contribution in [0.1, 0.15) is 45.4 Å². The van der Waals surface area contributed by atoms with Crippen molar-refractivity contribution in [3.8, 4) is 0 Å². The van der Waals surface area contributed by atoms with E-state index in [9.17, 15) is 0 Å². The monoisotopic (exact) mass is 210 g/mol. The predicted octanol–water partition coefficient (Wildman–Crippen LogP) is 2.23. The van der Waals surface area contributed by atoms with E-state index in [0.717, 1.165) is 30.5 Å². The van der Waals surface area contributed by atoms with Gasteiger partial charge in [-0.15, -0.1) is 0 Å². The maximum absolute atomic E-state index is 5.86. The van der Waals surface area contributed by atoms with Gasteiger partial charge in [-0.1, -0.05) is 13.3 Å². The Hall–Kier alpha value is -0.0800. The molecule has 15 heavy (non-hydrogen) atoms. The molecule has 4 unspecified atom stereocenters. The van der Waals surface area contributed by atoms with Gasteiger partial charge in [0.1, 0.15) is 0 Å². The van der Waals surface area contributed by atoms with Crippen molar-refractivity contribution in [2.24, 2.45) is 17.6 Å². The molecule has 2 rings (SSSR count). The largest absolute Gasteiger partial charge is 0.330 e. The van der Waals surface area contributed by atoms with E-state index in [1.54, 1.807) is 0 Å². The smallest absolute Gasteiger partial charge is 0.0135 e. The van der Waals surface area contributed by atoms with Crippen molar-refractivity contribution >= 4 is 0 Å². The van der Waals surface area contributed by atoms with Gasteiger partial charge in [-0.3, -0.25) is 0 Å². The molecule has 0 radical (unpaired) electrons. The van der Waals surface area contributed by atoms with Crippen molar-refractivity contribution in [1.82, 2.24) is 4.90 Å². The van der Waals surface area contributed by atoms with Crippen LogP contribution in [-0.4, -0.2) is 30.6 Å². The van der Waals surface area contributed by atoms with Crippen molar-refractivity contribution < 1.29 is 0 Å². The van der Waals surface area contributed by atoms with Crippen LogP contribution in [0.5, 0.6) is 0 Å². The topological polar surface area (TPSA) is 29.3 Å². The van der Waals surface area contributed by atoms with Crippen molar-refractivity contribution in [2.75, 3.05) is 13.6 Å². The summed E-state index contributed by atoms with van der Waals surface area (Å²) in [5.41, 5.74) is 5.86. The van der Waals surface area contributed by atoms with Crippen molar-refractivity contribution in [2.45, 2.75) is 57.5 Å². The standard InChI is InChI=1S/C13H26N2/c1-10-6-7-12(8-10)15(2)13-5-3-4-11(13)9-14/h10-13H,3-9,14H2,1-2H3. The zero-order valence-corrected chi connectivity index (χ0v) is 10.3.